The summed E-state index contributed by atoms with van der Waals surface area (Å²) < 4.78 is 0. The molecule has 1 heterocycles. The van der Waals surface area contributed by atoms with Gasteiger partial charge in [0.05, 0.1) is 6.07 Å². The van der Waals surface area contributed by atoms with Gasteiger partial charge < -0.3 is 10.0 Å². The summed E-state index contributed by atoms with van der Waals surface area (Å²) in [6, 6.07) is 2.12. The molecule has 0 aromatic carbocycles. The molecule has 1 saturated heterocycles. The molecule has 0 radical (unpaired) electrons. The fourth-order valence-corrected chi connectivity index (χ4v) is 2.23. The first-order valence-electron chi connectivity index (χ1n) is 6.61. The van der Waals surface area contributed by atoms with Crippen molar-refractivity contribution in [3.05, 3.63) is 0 Å². The molecule has 106 valence electrons. The molecule has 1 aliphatic rings. The number of nitrogens with zero attached hydrogens (tertiary/aromatic N) is 3. The Labute approximate surface area is 113 Å². The van der Waals surface area contributed by atoms with Gasteiger partial charge in [-0.1, -0.05) is 6.92 Å². The molecule has 6 heteroatoms. The summed E-state index contributed by atoms with van der Waals surface area (Å²) in [5, 5.41) is 17.2. The predicted octanol–water partition coefficient (Wildman–Crippen LogP) is 0.545. The minimum absolute atomic E-state index is 0.0356. The van der Waals surface area contributed by atoms with Gasteiger partial charge in [0.15, 0.2) is 0 Å². The van der Waals surface area contributed by atoms with Gasteiger partial charge in [-0.15, -0.1) is 0 Å². The Hall–Kier alpha value is -1.61. The van der Waals surface area contributed by atoms with E-state index in [9.17, 15) is 9.59 Å². The van der Waals surface area contributed by atoms with Gasteiger partial charge in [0, 0.05) is 52.0 Å². The Morgan fingerprint density at radius 3 is 2.42 bits per heavy atom. The van der Waals surface area contributed by atoms with Gasteiger partial charge in [-0.3, -0.25) is 14.5 Å². The van der Waals surface area contributed by atoms with E-state index in [4.69, 9.17) is 10.4 Å². The number of carboxylic acid groups (broad SMARTS) is 1. The summed E-state index contributed by atoms with van der Waals surface area (Å²) in [5.41, 5.74) is 0. The van der Waals surface area contributed by atoms with Gasteiger partial charge >= 0.3 is 5.97 Å². The normalized spacial score (nSPS) is 17.8. The molecule has 1 amide bonds. The van der Waals surface area contributed by atoms with Crippen LogP contribution in [0, 0.1) is 17.2 Å². The zero-order chi connectivity index (χ0) is 14.3. The maximum absolute atomic E-state index is 12.0. The lowest BCUT2D eigenvalue weighted by Crippen LogP contribution is -2.49. The number of hydrogen-bond acceptors (Lipinski definition) is 4. The van der Waals surface area contributed by atoms with E-state index >= 15 is 0 Å². The average molecular weight is 267 g/mol. The molecule has 0 aromatic rings. The molecule has 1 atom stereocenters. The van der Waals surface area contributed by atoms with Crippen molar-refractivity contribution in [3.8, 4) is 6.07 Å². The molecule has 0 bridgehead atoms. The third kappa shape index (κ3) is 5.71. The average Bonchev–Trinajstić information content (AvgIpc) is 2.35. The number of rotatable bonds is 6. The molecule has 0 aliphatic carbocycles. The highest BCUT2D eigenvalue weighted by atomic mass is 16.4. The number of carboxylic acids is 1. The molecule has 19 heavy (non-hydrogen) atoms. The van der Waals surface area contributed by atoms with Crippen LogP contribution < -0.4 is 0 Å². The van der Waals surface area contributed by atoms with E-state index in [0.717, 1.165) is 19.6 Å². The van der Waals surface area contributed by atoms with Crippen LogP contribution in [0.4, 0.5) is 0 Å². The first-order valence-corrected chi connectivity index (χ1v) is 6.61. The Morgan fingerprint density at radius 1 is 1.26 bits per heavy atom. The number of carbonyl (C=O) groups excluding carboxylic acids is 1. The smallest absolute Gasteiger partial charge is 0.303 e. The summed E-state index contributed by atoms with van der Waals surface area (Å²) in [4.78, 5) is 26.5. The molecule has 6 nitrogen and oxygen atoms in total. The first-order chi connectivity index (χ1) is 9.02. The third-order valence-electron chi connectivity index (χ3n) is 3.31. The van der Waals surface area contributed by atoms with Gasteiger partial charge in [0.1, 0.15) is 0 Å². The molecule has 1 unspecified atom stereocenters. The zero-order valence-corrected chi connectivity index (χ0v) is 11.3. The van der Waals surface area contributed by atoms with E-state index in [0.29, 0.717) is 25.9 Å². The fraction of sp³-hybridized carbons (Fsp3) is 0.769. The van der Waals surface area contributed by atoms with Crippen molar-refractivity contribution in [2.45, 2.75) is 26.2 Å². The van der Waals surface area contributed by atoms with Crippen LogP contribution in [-0.4, -0.2) is 59.5 Å². The van der Waals surface area contributed by atoms with E-state index in [1.807, 2.05) is 0 Å². The standard InChI is InChI=1S/C13H21N3O3/c1-11(10-13(18)19)9-12(17)16-7-5-15(6-8-16)4-2-3-14/h11H,2,4-10H2,1H3,(H,18,19). The molecular weight excluding hydrogens is 246 g/mol. The number of hydrogen-bond donors (Lipinski definition) is 1. The second-order valence-electron chi connectivity index (χ2n) is 5.04. The first kappa shape index (κ1) is 15.4. The topological polar surface area (TPSA) is 84.6 Å². The molecule has 0 spiro atoms. The van der Waals surface area contributed by atoms with Crippen LogP contribution >= 0.6 is 0 Å². The van der Waals surface area contributed by atoms with E-state index in [1.54, 1.807) is 11.8 Å². The van der Waals surface area contributed by atoms with Crippen LogP contribution in [-0.2, 0) is 9.59 Å². The summed E-state index contributed by atoms with van der Waals surface area (Å²) >= 11 is 0. The van der Waals surface area contributed by atoms with Gasteiger partial charge in [-0.2, -0.15) is 5.26 Å². The van der Waals surface area contributed by atoms with Gasteiger partial charge in [-0.25, -0.2) is 0 Å². The number of nitriles is 1. The maximum Gasteiger partial charge on any atom is 0.303 e. The lowest BCUT2D eigenvalue weighted by Gasteiger charge is -2.34. The summed E-state index contributed by atoms with van der Waals surface area (Å²) in [6.45, 7) is 5.47. The highest BCUT2D eigenvalue weighted by Gasteiger charge is 2.22. The SMILES string of the molecule is CC(CC(=O)O)CC(=O)N1CCN(CCC#N)CC1. The van der Waals surface area contributed by atoms with Crippen LogP contribution in [0.25, 0.3) is 0 Å². The fourth-order valence-electron chi connectivity index (χ4n) is 2.23. The summed E-state index contributed by atoms with van der Waals surface area (Å²) in [5.74, 6) is -0.947. The Kier molecular flexibility index (Phi) is 6.30. The Morgan fingerprint density at radius 2 is 1.89 bits per heavy atom. The van der Waals surface area contributed by atoms with Crippen LogP contribution in [0.1, 0.15) is 26.2 Å². The lowest BCUT2D eigenvalue weighted by atomic mass is 10.0. The highest BCUT2D eigenvalue weighted by molar-refractivity contribution is 5.77. The van der Waals surface area contributed by atoms with Crippen molar-refractivity contribution in [1.29, 1.82) is 5.26 Å². The molecule has 1 fully saturated rings. The van der Waals surface area contributed by atoms with Crippen LogP contribution in [0.2, 0.25) is 0 Å². The summed E-state index contributed by atoms with van der Waals surface area (Å²) in [6.07, 6.45) is 0.849. The quantitative estimate of drug-likeness (QED) is 0.759. The van der Waals surface area contributed by atoms with Crippen LogP contribution in [0.3, 0.4) is 0 Å². The van der Waals surface area contributed by atoms with Gasteiger partial charge in [0.25, 0.3) is 0 Å². The lowest BCUT2D eigenvalue weighted by molar-refractivity contribution is -0.138. The van der Waals surface area contributed by atoms with Crippen molar-refractivity contribution in [2.24, 2.45) is 5.92 Å². The van der Waals surface area contributed by atoms with Crippen molar-refractivity contribution in [2.75, 3.05) is 32.7 Å². The minimum atomic E-state index is -0.860. The monoisotopic (exact) mass is 267 g/mol. The second-order valence-corrected chi connectivity index (χ2v) is 5.04. The maximum atomic E-state index is 12.0. The van der Waals surface area contributed by atoms with Gasteiger partial charge in [-0.05, 0) is 5.92 Å². The van der Waals surface area contributed by atoms with Crippen molar-refractivity contribution < 1.29 is 14.7 Å². The zero-order valence-electron chi connectivity index (χ0n) is 11.3. The molecular formula is C13H21N3O3. The largest absolute Gasteiger partial charge is 0.481 e. The van der Waals surface area contributed by atoms with Gasteiger partial charge in [0.2, 0.25) is 5.91 Å². The number of carbonyl (C=O) groups is 2. The third-order valence-corrected chi connectivity index (χ3v) is 3.31. The molecule has 1 N–H and O–H groups in total. The minimum Gasteiger partial charge on any atom is -0.481 e. The van der Waals surface area contributed by atoms with E-state index in [2.05, 4.69) is 11.0 Å². The van der Waals surface area contributed by atoms with Crippen molar-refractivity contribution in [1.82, 2.24) is 9.80 Å². The summed E-state index contributed by atoms with van der Waals surface area (Å²) in [7, 11) is 0. The van der Waals surface area contributed by atoms with Crippen LogP contribution in [0.15, 0.2) is 0 Å². The van der Waals surface area contributed by atoms with Crippen molar-refractivity contribution in [3.63, 3.8) is 0 Å². The molecule has 1 rings (SSSR count). The van der Waals surface area contributed by atoms with E-state index in [1.165, 1.54) is 0 Å². The Bertz CT molecular complexity index is 357. The molecule has 0 saturated carbocycles. The van der Waals surface area contributed by atoms with Crippen LogP contribution in [0.5, 0.6) is 0 Å². The molecule has 1 aliphatic heterocycles. The Balaban J connectivity index is 2.29. The number of amides is 1. The predicted molar refractivity (Wildman–Crippen MR) is 69.3 cm³/mol. The van der Waals surface area contributed by atoms with Crippen molar-refractivity contribution >= 4 is 11.9 Å². The molecule has 0 aromatic heterocycles. The number of piperazine rings is 1. The number of aliphatic carboxylic acids is 1. The highest BCUT2D eigenvalue weighted by Crippen LogP contribution is 2.12. The second kappa shape index (κ2) is 7.74. The van der Waals surface area contributed by atoms with E-state index < -0.39 is 5.97 Å². The van der Waals surface area contributed by atoms with E-state index in [-0.39, 0.29) is 18.2 Å².